The molecular weight excluding hydrogens is 320 g/mol. The van der Waals surface area contributed by atoms with Crippen LogP contribution < -0.4 is 10.6 Å². The lowest BCUT2D eigenvalue weighted by Crippen LogP contribution is -2.47. The van der Waals surface area contributed by atoms with Crippen molar-refractivity contribution < 1.29 is 4.52 Å². The highest BCUT2D eigenvalue weighted by Gasteiger charge is 2.40. The first-order valence-electron chi connectivity index (χ1n) is 8.73. The molecule has 0 aromatic carbocycles. The van der Waals surface area contributed by atoms with Crippen LogP contribution in [-0.2, 0) is 0 Å². The van der Waals surface area contributed by atoms with Gasteiger partial charge in [0.25, 0.3) is 5.95 Å². The monoisotopic (exact) mass is 342 g/mol. The summed E-state index contributed by atoms with van der Waals surface area (Å²) in [6.07, 6.45) is 5.14. The van der Waals surface area contributed by atoms with Crippen molar-refractivity contribution in [1.29, 1.82) is 5.26 Å². The number of rotatable bonds is 6. The molecule has 3 N–H and O–H groups in total. The predicted molar refractivity (Wildman–Crippen MR) is 91.3 cm³/mol. The van der Waals surface area contributed by atoms with Gasteiger partial charge in [0, 0.05) is 42.9 Å². The predicted octanol–water partition coefficient (Wildman–Crippen LogP) is 2.17. The number of nitriles is 1. The summed E-state index contributed by atoms with van der Waals surface area (Å²) in [7, 11) is 0. The Balaban J connectivity index is 1.34. The Labute approximate surface area is 145 Å². The molecule has 2 saturated heterocycles. The van der Waals surface area contributed by atoms with Gasteiger partial charge in [-0.1, -0.05) is 0 Å². The van der Waals surface area contributed by atoms with Gasteiger partial charge in [0.15, 0.2) is 5.82 Å². The van der Waals surface area contributed by atoms with Gasteiger partial charge in [-0.05, 0) is 37.8 Å². The number of hydrogen-bond donors (Lipinski definition) is 3. The summed E-state index contributed by atoms with van der Waals surface area (Å²) in [5.74, 6) is 1.15. The van der Waals surface area contributed by atoms with E-state index in [0.29, 0.717) is 42.3 Å². The number of nitrogens with zero attached hydrogens (tertiary/aromatic N) is 5. The molecule has 0 saturated carbocycles. The third-order valence-electron chi connectivity index (χ3n) is 5.07. The van der Waals surface area contributed by atoms with Gasteiger partial charge < -0.3 is 9.84 Å². The molecule has 2 bridgehead atoms. The Bertz CT molecular complexity index is 748. The van der Waals surface area contributed by atoms with Crippen LogP contribution in [0, 0.1) is 18.3 Å². The number of piperidine rings is 1. The SMILES string of the molecule is Cc1cc(Nc2nc(N[C@@H]3C[C@H]4CC[C@@H](C3)N4CCC#N)no2)n[nH]1. The normalized spacial score (nSPS) is 25.7. The number of aromatic amines is 1. The second kappa shape index (κ2) is 6.72. The second-order valence-electron chi connectivity index (χ2n) is 6.83. The van der Waals surface area contributed by atoms with E-state index in [-0.39, 0.29) is 0 Å². The van der Waals surface area contributed by atoms with E-state index in [1.807, 2.05) is 13.0 Å². The Morgan fingerprint density at radius 1 is 1.40 bits per heavy atom. The minimum atomic E-state index is 0.323. The molecule has 9 nitrogen and oxygen atoms in total. The molecule has 4 heterocycles. The van der Waals surface area contributed by atoms with Crippen molar-refractivity contribution >= 4 is 17.8 Å². The molecule has 4 rings (SSSR count). The molecule has 2 aliphatic rings. The molecule has 2 aliphatic heterocycles. The summed E-state index contributed by atoms with van der Waals surface area (Å²) in [6.45, 7) is 2.81. The molecule has 0 amide bonds. The van der Waals surface area contributed by atoms with E-state index in [0.717, 1.165) is 25.1 Å². The Morgan fingerprint density at radius 2 is 2.20 bits per heavy atom. The van der Waals surface area contributed by atoms with E-state index in [9.17, 15) is 0 Å². The maximum atomic E-state index is 8.82. The number of nitrogens with one attached hydrogen (secondary N) is 3. The van der Waals surface area contributed by atoms with E-state index < -0.39 is 0 Å². The molecule has 0 radical (unpaired) electrons. The summed E-state index contributed by atoms with van der Waals surface area (Å²) in [5, 5.41) is 26.1. The Kier molecular flexibility index (Phi) is 4.28. The van der Waals surface area contributed by atoms with Crippen molar-refractivity contribution in [2.75, 3.05) is 17.2 Å². The van der Waals surface area contributed by atoms with Crippen LogP contribution in [0.3, 0.4) is 0 Å². The first-order valence-corrected chi connectivity index (χ1v) is 8.73. The number of aromatic nitrogens is 4. The van der Waals surface area contributed by atoms with Gasteiger partial charge in [-0.15, -0.1) is 0 Å². The minimum Gasteiger partial charge on any atom is -0.349 e. The molecular formula is C16H22N8O. The number of aryl methyl sites for hydroxylation is 1. The van der Waals surface area contributed by atoms with Crippen LogP contribution in [0.1, 0.15) is 37.8 Å². The maximum absolute atomic E-state index is 8.82. The van der Waals surface area contributed by atoms with Crippen molar-refractivity contribution in [3.8, 4) is 6.07 Å². The molecule has 9 heteroatoms. The second-order valence-corrected chi connectivity index (χ2v) is 6.83. The lowest BCUT2D eigenvalue weighted by molar-refractivity contribution is 0.135. The molecule has 2 aromatic rings. The maximum Gasteiger partial charge on any atom is 0.328 e. The van der Waals surface area contributed by atoms with Gasteiger partial charge >= 0.3 is 6.01 Å². The molecule has 2 aromatic heterocycles. The van der Waals surface area contributed by atoms with Crippen molar-refractivity contribution in [1.82, 2.24) is 25.2 Å². The molecule has 0 spiro atoms. The Morgan fingerprint density at radius 3 is 2.88 bits per heavy atom. The summed E-state index contributed by atoms with van der Waals surface area (Å²) in [5.41, 5.74) is 0.957. The fourth-order valence-corrected chi connectivity index (χ4v) is 4.04. The van der Waals surface area contributed by atoms with E-state index in [4.69, 9.17) is 9.78 Å². The molecule has 132 valence electrons. The first-order chi connectivity index (χ1) is 12.2. The standard InChI is InChI=1S/C16H22N8O/c1-10-7-14(22-21-10)19-16-20-15(23-25-16)18-11-8-12-3-4-13(9-11)24(12)6-2-5-17/h7,11-13H,2-4,6,8-9H2,1H3,(H3,18,19,20,21,22,23)/t11-,12-,13+. The van der Waals surface area contributed by atoms with E-state index in [2.05, 4.69) is 41.9 Å². The van der Waals surface area contributed by atoms with Crippen molar-refractivity contribution in [2.24, 2.45) is 0 Å². The average molecular weight is 342 g/mol. The van der Waals surface area contributed by atoms with Crippen LogP contribution in [0.4, 0.5) is 17.8 Å². The van der Waals surface area contributed by atoms with Crippen LogP contribution in [0.25, 0.3) is 0 Å². The molecule has 3 atom stereocenters. The number of anilines is 3. The van der Waals surface area contributed by atoms with E-state index >= 15 is 0 Å². The van der Waals surface area contributed by atoms with Crippen molar-refractivity contribution in [3.63, 3.8) is 0 Å². The quantitative estimate of drug-likeness (QED) is 0.731. The fraction of sp³-hybridized carbons (Fsp3) is 0.625. The molecule has 25 heavy (non-hydrogen) atoms. The third-order valence-corrected chi connectivity index (χ3v) is 5.07. The smallest absolute Gasteiger partial charge is 0.328 e. The number of fused-ring (bicyclic) bond motifs is 2. The highest BCUT2D eigenvalue weighted by Crippen LogP contribution is 2.36. The van der Waals surface area contributed by atoms with Gasteiger partial charge in [0.05, 0.1) is 6.07 Å². The lowest BCUT2D eigenvalue weighted by atomic mass is 9.97. The number of H-pyrrole nitrogens is 1. The third kappa shape index (κ3) is 3.44. The van der Waals surface area contributed by atoms with Gasteiger partial charge in [-0.2, -0.15) is 15.3 Å². The highest BCUT2D eigenvalue weighted by molar-refractivity contribution is 5.47. The van der Waals surface area contributed by atoms with Crippen LogP contribution >= 0.6 is 0 Å². The lowest BCUT2D eigenvalue weighted by Gasteiger charge is -2.38. The molecule has 0 unspecified atom stereocenters. The van der Waals surface area contributed by atoms with Crippen LogP contribution in [0.2, 0.25) is 0 Å². The van der Waals surface area contributed by atoms with Crippen LogP contribution in [0.15, 0.2) is 10.6 Å². The van der Waals surface area contributed by atoms with E-state index in [1.54, 1.807) is 0 Å². The largest absolute Gasteiger partial charge is 0.349 e. The van der Waals surface area contributed by atoms with Gasteiger partial charge in [0.2, 0.25) is 0 Å². The summed E-state index contributed by atoms with van der Waals surface area (Å²) >= 11 is 0. The van der Waals surface area contributed by atoms with Gasteiger partial charge in [-0.3, -0.25) is 15.3 Å². The Hall–Kier alpha value is -2.60. The van der Waals surface area contributed by atoms with Crippen molar-refractivity contribution in [3.05, 3.63) is 11.8 Å². The zero-order chi connectivity index (χ0) is 17.2. The van der Waals surface area contributed by atoms with Crippen LogP contribution in [0.5, 0.6) is 0 Å². The summed E-state index contributed by atoms with van der Waals surface area (Å²) < 4.78 is 5.23. The zero-order valence-corrected chi connectivity index (χ0v) is 14.2. The zero-order valence-electron chi connectivity index (χ0n) is 14.2. The van der Waals surface area contributed by atoms with Gasteiger partial charge in [-0.25, -0.2) is 0 Å². The summed E-state index contributed by atoms with van der Waals surface area (Å²) in [4.78, 5) is 6.84. The van der Waals surface area contributed by atoms with Gasteiger partial charge in [0.1, 0.15) is 0 Å². The fourth-order valence-electron chi connectivity index (χ4n) is 4.04. The molecule has 2 fully saturated rings. The molecule has 0 aliphatic carbocycles. The minimum absolute atomic E-state index is 0.323. The number of hydrogen-bond acceptors (Lipinski definition) is 8. The average Bonchev–Trinajstić information content (AvgIpc) is 3.26. The first kappa shape index (κ1) is 15.9. The van der Waals surface area contributed by atoms with Crippen molar-refractivity contribution in [2.45, 2.75) is 57.2 Å². The van der Waals surface area contributed by atoms with E-state index in [1.165, 1.54) is 12.8 Å². The highest BCUT2D eigenvalue weighted by atomic mass is 16.5. The van der Waals surface area contributed by atoms with Crippen LogP contribution in [-0.4, -0.2) is 49.9 Å². The topological polar surface area (TPSA) is 119 Å². The summed E-state index contributed by atoms with van der Waals surface area (Å²) in [6, 6.07) is 5.90.